The van der Waals surface area contributed by atoms with Crippen LogP contribution in [0.3, 0.4) is 0 Å². The first-order valence-corrected chi connectivity index (χ1v) is 6.14. The van der Waals surface area contributed by atoms with Crippen LogP contribution in [-0.4, -0.2) is 9.38 Å². The van der Waals surface area contributed by atoms with E-state index in [1.54, 1.807) is 0 Å². The van der Waals surface area contributed by atoms with Crippen LogP contribution in [0.15, 0.2) is 53.3 Å². The number of aromatic nitrogens is 2. The summed E-state index contributed by atoms with van der Waals surface area (Å²) in [5.74, 6) is 0. The summed E-state index contributed by atoms with van der Waals surface area (Å²) in [6.07, 6.45) is 0. The maximum absolute atomic E-state index is 11.9. The van der Waals surface area contributed by atoms with E-state index in [2.05, 4.69) is 4.98 Å². The molecule has 94 valence electrons. The molecule has 1 aromatic carbocycles. The van der Waals surface area contributed by atoms with Crippen molar-refractivity contribution in [3.05, 3.63) is 70.1 Å². The minimum Gasteiger partial charge on any atom is -0.298 e. The van der Waals surface area contributed by atoms with Crippen LogP contribution in [0.1, 0.15) is 12.6 Å². The Hall–Kier alpha value is -2.42. The zero-order valence-electron chi connectivity index (χ0n) is 11.8. The lowest BCUT2D eigenvalue weighted by Gasteiger charge is -2.12. The molecule has 2 aromatic heterocycles. The Morgan fingerprint density at radius 2 is 1.89 bits per heavy atom. The van der Waals surface area contributed by atoms with Crippen molar-refractivity contribution in [1.82, 2.24) is 9.38 Å². The average molecular weight is 251 g/mol. The molecule has 0 saturated carbocycles. The highest BCUT2D eigenvalue weighted by molar-refractivity contribution is 5.63. The molecule has 0 N–H and O–H groups in total. The van der Waals surface area contributed by atoms with E-state index in [-0.39, 0.29) is 6.04 Å². The monoisotopic (exact) mass is 251 g/mol. The first kappa shape index (κ1) is 10.5. The Morgan fingerprint density at radius 3 is 2.63 bits per heavy atom. The van der Waals surface area contributed by atoms with Gasteiger partial charge in [-0.2, -0.15) is 4.98 Å². The SMILES string of the molecule is [2H]c1c(-c2ccccc2)n2c(C)cc(C)cc2nc1=O. The van der Waals surface area contributed by atoms with Gasteiger partial charge in [-0.1, -0.05) is 30.3 Å². The maximum atomic E-state index is 11.9. The van der Waals surface area contributed by atoms with Gasteiger partial charge in [0.15, 0.2) is 0 Å². The lowest BCUT2D eigenvalue weighted by atomic mass is 10.1. The normalized spacial score (nSPS) is 11.6. The molecular formula is C16H14N2O. The number of nitrogens with zero attached hydrogens (tertiary/aromatic N) is 2. The third-order valence-electron chi connectivity index (χ3n) is 3.09. The Kier molecular flexibility index (Phi) is 2.41. The van der Waals surface area contributed by atoms with Crippen molar-refractivity contribution in [1.29, 1.82) is 0 Å². The highest BCUT2D eigenvalue weighted by Crippen LogP contribution is 2.20. The second-order valence-electron chi connectivity index (χ2n) is 4.62. The van der Waals surface area contributed by atoms with Gasteiger partial charge < -0.3 is 0 Å². The molecule has 3 heteroatoms. The molecule has 0 radical (unpaired) electrons. The van der Waals surface area contributed by atoms with Crippen LogP contribution < -0.4 is 5.56 Å². The molecule has 2 heterocycles. The highest BCUT2D eigenvalue weighted by Gasteiger charge is 2.07. The van der Waals surface area contributed by atoms with E-state index in [4.69, 9.17) is 1.37 Å². The molecule has 3 aromatic rings. The van der Waals surface area contributed by atoms with Crippen molar-refractivity contribution in [3.8, 4) is 11.3 Å². The first-order valence-electron chi connectivity index (χ1n) is 6.64. The number of aryl methyl sites for hydroxylation is 2. The maximum Gasteiger partial charge on any atom is 0.273 e. The predicted octanol–water partition coefficient (Wildman–Crippen LogP) is 2.98. The number of benzene rings is 1. The van der Waals surface area contributed by atoms with E-state index in [0.29, 0.717) is 11.3 Å². The van der Waals surface area contributed by atoms with Crippen molar-refractivity contribution in [2.45, 2.75) is 13.8 Å². The fraction of sp³-hybridized carbons (Fsp3) is 0.125. The minimum absolute atomic E-state index is 0.0688. The lowest BCUT2D eigenvalue weighted by Crippen LogP contribution is -2.12. The molecule has 0 atom stereocenters. The molecule has 0 spiro atoms. The number of hydrogen-bond acceptors (Lipinski definition) is 2. The van der Waals surface area contributed by atoms with Gasteiger partial charge in [-0.25, -0.2) is 0 Å². The molecule has 0 amide bonds. The molecule has 0 aliphatic rings. The predicted molar refractivity (Wildman–Crippen MR) is 76.4 cm³/mol. The second-order valence-corrected chi connectivity index (χ2v) is 4.62. The molecule has 0 aliphatic heterocycles. The van der Waals surface area contributed by atoms with Crippen LogP contribution in [0, 0.1) is 13.8 Å². The smallest absolute Gasteiger partial charge is 0.273 e. The van der Waals surface area contributed by atoms with Crippen molar-refractivity contribution in [2.75, 3.05) is 0 Å². The summed E-state index contributed by atoms with van der Waals surface area (Å²) in [7, 11) is 0. The fourth-order valence-corrected chi connectivity index (χ4v) is 2.34. The fourth-order valence-electron chi connectivity index (χ4n) is 2.34. The minimum atomic E-state index is -0.492. The van der Waals surface area contributed by atoms with E-state index >= 15 is 0 Å². The van der Waals surface area contributed by atoms with Gasteiger partial charge in [-0.15, -0.1) is 0 Å². The zero-order chi connectivity index (χ0) is 14.3. The summed E-state index contributed by atoms with van der Waals surface area (Å²) in [5.41, 5.74) is 3.54. The van der Waals surface area contributed by atoms with Gasteiger partial charge in [-0.3, -0.25) is 9.20 Å². The van der Waals surface area contributed by atoms with E-state index in [1.807, 2.05) is 60.7 Å². The molecule has 3 rings (SSSR count). The van der Waals surface area contributed by atoms with E-state index in [1.165, 1.54) is 0 Å². The quantitative estimate of drug-likeness (QED) is 0.666. The number of fused-ring (bicyclic) bond motifs is 1. The van der Waals surface area contributed by atoms with E-state index in [0.717, 1.165) is 16.8 Å². The van der Waals surface area contributed by atoms with Gasteiger partial charge in [0.05, 0.1) is 7.06 Å². The summed E-state index contributed by atoms with van der Waals surface area (Å²) < 4.78 is 9.94. The topological polar surface area (TPSA) is 34.4 Å². The molecule has 0 fully saturated rings. The number of rotatable bonds is 1. The zero-order valence-corrected chi connectivity index (χ0v) is 10.8. The Balaban J connectivity index is 2.53. The van der Waals surface area contributed by atoms with Crippen molar-refractivity contribution in [2.24, 2.45) is 0 Å². The third kappa shape index (κ3) is 2.03. The number of hydrogen-bond donors (Lipinski definition) is 0. The van der Waals surface area contributed by atoms with E-state index in [9.17, 15) is 4.79 Å². The number of pyridine rings is 1. The standard InChI is InChI=1S/C16H14N2O/c1-11-8-12(2)18-14(13-6-4-3-5-7-13)10-16(19)17-15(18)9-11/h3-10H,1-2H3/i10D. The molecule has 0 aliphatic carbocycles. The Bertz CT molecular complexity index is 854. The van der Waals surface area contributed by atoms with Crippen LogP contribution in [0.25, 0.3) is 16.9 Å². The van der Waals surface area contributed by atoms with Gasteiger partial charge in [0.25, 0.3) is 5.56 Å². The molecule has 0 bridgehead atoms. The largest absolute Gasteiger partial charge is 0.298 e. The molecule has 0 saturated heterocycles. The van der Waals surface area contributed by atoms with Gasteiger partial charge in [0, 0.05) is 11.7 Å². The summed E-state index contributed by atoms with van der Waals surface area (Å²) in [4.78, 5) is 15.9. The van der Waals surface area contributed by atoms with Crippen molar-refractivity contribution < 1.29 is 1.37 Å². The van der Waals surface area contributed by atoms with Gasteiger partial charge in [-0.05, 0) is 37.1 Å². The lowest BCUT2D eigenvalue weighted by molar-refractivity contribution is 1.02. The van der Waals surface area contributed by atoms with Crippen molar-refractivity contribution >= 4 is 5.65 Å². The second kappa shape index (κ2) is 4.35. The Labute approximate surface area is 112 Å². The molecule has 0 unspecified atom stereocenters. The summed E-state index contributed by atoms with van der Waals surface area (Å²) in [5, 5.41) is 0. The van der Waals surface area contributed by atoms with Gasteiger partial charge >= 0.3 is 0 Å². The van der Waals surface area contributed by atoms with Gasteiger partial charge in [0.1, 0.15) is 5.65 Å². The first-order chi connectivity index (χ1) is 9.58. The van der Waals surface area contributed by atoms with Crippen LogP contribution in [0.2, 0.25) is 0 Å². The van der Waals surface area contributed by atoms with Crippen molar-refractivity contribution in [3.63, 3.8) is 0 Å². The van der Waals surface area contributed by atoms with Crippen LogP contribution in [0.4, 0.5) is 0 Å². The average Bonchev–Trinajstić information content (AvgIpc) is 2.42. The van der Waals surface area contributed by atoms with Gasteiger partial charge in [0.2, 0.25) is 0 Å². The highest BCUT2D eigenvalue weighted by atomic mass is 16.1. The van der Waals surface area contributed by atoms with Crippen LogP contribution in [0.5, 0.6) is 0 Å². The molecule has 3 nitrogen and oxygen atoms in total. The van der Waals surface area contributed by atoms with Crippen LogP contribution in [-0.2, 0) is 0 Å². The summed E-state index contributed by atoms with van der Waals surface area (Å²) in [6, 6.07) is 13.3. The summed E-state index contributed by atoms with van der Waals surface area (Å²) >= 11 is 0. The Morgan fingerprint density at radius 1 is 1.16 bits per heavy atom. The van der Waals surface area contributed by atoms with Crippen LogP contribution >= 0.6 is 0 Å². The third-order valence-corrected chi connectivity index (χ3v) is 3.09. The van der Waals surface area contributed by atoms with E-state index < -0.39 is 5.56 Å². The summed E-state index contributed by atoms with van der Waals surface area (Å²) in [6.45, 7) is 3.92. The molecule has 19 heavy (non-hydrogen) atoms. The molecular weight excluding hydrogens is 236 g/mol.